The molecule has 150 valence electrons. The number of ether oxygens (including phenoxy) is 2. The molecule has 0 bridgehead atoms. The van der Waals surface area contributed by atoms with Gasteiger partial charge in [0.1, 0.15) is 0 Å². The monoisotopic (exact) mass is 420 g/mol. The van der Waals surface area contributed by atoms with Crippen molar-refractivity contribution in [2.75, 3.05) is 6.61 Å². The van der Waals surface area contributed by atoms with E-state index in [1.165, 1.54) is 59.4 Å². The van der Waals surface area contributed by atoms with Gasteiger partial charge < -0.3 is 0 Å². The van der Waals surface area contributed by atoms with Crippen molar-refractivity contribution in [1.29, 1.82) is 0 Å². The molecule has 0 amide bonds. The zero-order chi connectivity index (χ0) is 18.2. The second kappa shape index (κ2) is 1.69. The van der Waals surface area contributed by atoms with E-state index in [0.29, 0.717) is 0 Å². The molecule has 0 N–H and O–H groups in total. The van der Waals surface area contributed by atoms with Crippen molar-refractivity contribution in [1.82, 2.24) is 0 Å². The number of unbranched alkanes of at least 4 members (excludes halogenated alkanes) is 4. The molecule has 1 aromatic carbocycles. The molecule has 0 aromatic heterocycles. The number of carbonyl (C=O) groups is 1. The number of fused-ring (bicyclic) bond motifs is 10. The average Bonchev–Trinajstić information content (AvgIpc) is 3.64. The van der Waals surface area contributed by atoms with Gasteiger partial charge in [-0.25, -0.2) is 0 Å². The van der Waals surface area contributed by atoms with Crippen LogP contribution in [0.5, 0.6) is 11.5 Å². The summed E-state index contributed by atoms with van der Waals surface area (Å²) < 4.78 is 12.2. The van der Waals surface area contributed by atoms with Gasteiger partial charge in [-0.1, -0.05) is 19.8 Å². The third-order valence-corrected chi connectivity index (χ3v) is 59.8. The fourth-order valence-electron chi connectivity index (χ4n) is 18.4. The molecule has 10 saturated heterocycles. The van der Waals surface area contributed by atoms with Gasteiger partial charge in [0, 0.05) is 0 Å². The number of hydrogen-bond acceptors (Lipinski definition) is 3. The van der Waals surface area contributed by atoms with Crippen LogP contribution in [-0.4, -0.2) is 12.6 Å². The molecule has 4 unspecified atom stereocenters. The number of benzene rings is 1. The molecular formula is C24H28FeO3. The van der Waals surface area contributed by atoms with E-state index in [1.807, 2.05) is 24.3 Å². The van der Waals surface area contributed by atoms with E-state index in [2.05, 4.69) is 6.92 Å². The van der Waals surface area contributed by atoms with Crippen LogP contribution in [0.1, 0.15) is 39.0 Å². The Labute approximate surface area is 155 Å². The molecule has 3 nitrogen and oxygen atoms in total. The maximum atomic E-state index is 13.5. The number of rotatable bonds is 9. The Hall–Kier alpha value is -0.991. The van der Waals surface area contributed by atoms with Crippen molar-refractivity contribution in [3.05, 3.63) is 24.3 Å². The molecule has 0 aliphatic carbocycles. The third kappa shape index (κ3) is 0.250. The van der Waals surface area contributed by atoms with Crippen LogP contribution < -0.4 is 9.47 Å². The van der Waals surface area contributed by atoms with Gasteiger partial charge in [0.25, 0.3) is 0 Å². The number of carbonyl (C=O) groups excluding carboxylic acids is 1. The molecule has 0 saturated carbocycles. The van der Waals surface area contributed by atoms with Gasteiger partial charge in [-0.3, -0.25) is 0 Å². The van der Waals surface area contributed by atoms with Gasteiger partial charge in [0.2, 0.25) is 0 Å². The molecule has 4 heteroatoms. The molecule has 1 spiro atoms. The summed E-state index contributed by atoms with van der Waals surface area (Å²) >= 11 is 0. The summed E-state index contributed by atoms with van der Waals surface area (Å²) in [6, 6.07) is 7.87. The van der Waals surface area contributed by atoms with Crippen molar-refractivity contribution in [2.24, 2.45) is 0 Å². The summed E-state index contributed by atoms with van der Waals surface area (Å²) in [6.45, 7) is -0.346. The normalized spacial score (nSPS) is 76.5. The zero-order valence-electron chi connectivity index (χ0n) is 16.3. The van der Waals surface area contributed by atoms with Gasteiger partial charge in [-0.05, 0) is 0 Å². The molecule has 10 aliphatic rings. The van der Waals surface area contributed by atoms with E-state index >= 15 is 0 Å². The Morgan fingerprint density at radius 1 is 0.857 bits per heavy atom. The molecule has 1 aromatic rings. The first-order chi connectivity index (χ1) is 13.5. The standard InChI is InChI=1S/C19H23O3.C5H5.Fe/c1-2-3-4-5-8-15-21-17-11-13-18(14-12-17)22-19(20)16-9-6-7-10-16;1-2-4-5-3-1;/h6-7,9-14H,2-5,8,15H2,1H3;1-5H;. The Balaban J connectivity index is 0.849. The minimum absolute atomic E-state index is 0.201. The first-order valence-corrected chi connectivity index (χ1v) is 17.9. The van der Waals surface area contributed by atoms with Crippen molar-refractivity contribution in [3.8, 4) is 11.5 Å². The van der Waals surface area contributed by atoms with Crippen molar-refractivity contribution in [3.63, 3.8) is 0 Å². The van der Waals surface area contributed by atoms with Crippen LogP contribution in [0, 0.1) is 0 Å². The van der Waals surface area contributed by atoms with Gasteiger partial charge in [0.15, 0.2) is 0 Å². The van der Waals surface area contributed by atoms with Crippen molar-refractivity contribution in [2.45, 2.75) is 86.7 Å². The van der Waals surface area contributed by atoms with Crippen LogP contribution in [-0.2, 0) is 11.3 Å². The molecule has 28 heavy (non-hydrogen) atoms. The maximum absolute atomic E-state index is 13.5. The van der Waals surface area contributed by atoms with Crippen molar-refractivity contribution < 1.29 is 20.8 Å². The Bertz CT molecular complexity index is 1300. The summed E-state index contributed by atoms with van der Waals surface area (Å²) in [4.78, 5) is 23.7. The Morgan fingerprint density at radius 2 is 1.43 bits per heavy atom. The molecule has 10 fully saturated rings. The second-order valence-electron chi connectivity index (χ2n) is 13.8. The third-order valence-electron chi connectivity index (χ3n) is 17.5. The number of hydrogen-bond donors (Lipinski definition) is 0. The minimum atomic E-state index is -3.37. The average molecular weight is 420 g/mol. The van der Waals surface area contributed by atoms with E-state index in [9.17, 15) is 4.79 Å². The predicted molar refractivity (Wildman–Crippen MR) is 103 cm³/mol. The summed E-state index contributed by atoms with van der Waals surface area (Å²) in [7, 11) is 0. The topological polar surface area (TPSA) is 35.5 Å². The van der Waals surface area contributed by atoms with Crippen LogP contribution in [0.3, 0.4) is 0 Å². The van der Waals surface area contributed by atoms with E-state index < -0.39 is 6.51 Å². The van der Waals surface area contributed by atoms with Gasteiger partial charge in [0.05, 0.1) is 0 Å². The molecule has 10 aliphatic heterocycles. The predicted octanol–water partition coefficient (Wildman–Crippen LogP) is 6.70. The molecule has 4 atom stereocenters. The fraction of sp³-hybridized carbons (Fsp3) is 0.708. The van der Waals surface area contributed by atoms with E-state index in [4.69, 9.17) is 9.47 Å². The second-order valence-corrected chi connectivity index (χ2v) is 37.4. The molecule has 11 rings (SSSR count). The summed E-state index contributed by atoms with van der Waals surface area (Å²) in [5.41, 5.74) is 0. The van der Waals surface area contributed by atoms with E-state index in [1.54, 1.807) is 0 Å². The van der Waals surface area contributed by atoms with E-state index in [-0.39, 0.29) is 10.3 Å². The summed E-state index contributed by atoms with van der Waals surface area (Å²) in [6.07, 6.45) is 6.26. The van der Waals surface area contributed by atoms with Crippen LogP contribution in [0.25, 0.3) is 0 Å². The first kappa shape index (κ1) is 13.3. The zero-order valence-corrected chi connectivity index (χ0v) is 17.4. The van der Waals surface area contributed by atoms with Gasteiger partial charge in [-0.2, -0.15) is 0 Å². The van der Waals surface area contributed by atoms with Crippen molar-refractivity contribution >= 4 is 5.97 Å². The SMILES string of the molecule is CCCCCCCOc1ccc(OC(=O)[C]23[CH]4[CH]5[CH]6[CH]2[Fe]56432789[CH]3[CH]2[CH]7[CH]8[CH]39)cc1. The van der Waals surface area contributed by atoms with E-state index in [0.717, 1.165) is 34.2 Å². The summed E-state index contributed by atoms with van der Waals surface area (Å²) in [5, 5.41) is 0. The Morgan fingerprint density at radius 3 is 1.93 bits per heavy atom. The van der Waals surface area contributed by atoms with Crippen LogP contribution in [0.4, 0.5) is 0 Å². The van der Waals surface area contributed by atoms with Gasteiger partial charge >= 0.3 is 136 Å². The molecule has 0 radical (unpaired) electrons. The van der Waals surface area contributed by atoms with Crippen LogP contribution >= 0.6 is 0 Å². The fourth-order valence-corrected chi connectivity index (χ4v) is 92.0. The Kier molecular flexibility index (Phi) is 0.807. The van der Waals surface area contributed by atoms with Crippen LogP contribution in [0.15, 0.2) is 24.3 Å². The molecular weight excluding hydrogens is 392 g/mol. The summed E-state index contributed by atoms with van der Waals surface area (Å²) in [5.74, 6) is 1.90. The number of esters is 1. The van der Waals surface area contributed by atoms with Gasteiger partial charge in [-0.15, -0.1) is 0 Å². The van der Waals surface area contributed by atoms with Crippen LogP contribution in [0.2, 0.25) is 47.7 Å². The molecule has 10 heterocycles. The first-order valence-electron chi connectivity index (χ1n) is 11.6. The quantitative estimate of drug-likeness (QED) is 0.193.